The molecule has 0 fully saturated rings. The first-order valence-electron chi connectivity index (χ1n) is 11.6. The Morgan fingerprint density at radius 3 is 2.42 bits per heavy atom. The summed E-state index contributed by atoms with van der Waals surface area (Å²) in [6, 6.07) is 9.35. The fraction of sp³-hybridized carbons (Fsp3) is 0.269. The highest BCUT2D eigenvalue weighted by Crippen LogP contribution is 2.42. The number of halogens is 3. The van der Waals surface area contributed by atoms with E-state index in [9.17, 15) is 13.0 Å². The molecule has 0 aliphatic rings. The number of thiazole rings is 1. The Morgan fingerprint density at radius 1 is 1.03 bits per heavy atom. The van der Waals surface area contributed by atoms with E-state index in [1.807, 2.05) is 27.0 Å². The van der Waals surface area contributed by atoms with Crippen LogP contribution in [0.4, 0.5) is 24.8 Å². The average molecular weight is 578 g/mol. The number of thioether (sulfide) groups is 1. The van der Waals surface area contributed by atoms with Gasteiger partial charge in [-0.25, -0.2) is 32.3 Å². The van der Waals surface area contributed by atoms with Crippen LogP contribution in [0.5, 0.6) is 0 Å². The number of aromatic nitrogens is 3. The second kappa shape index (κ2) is 11.8. The summed E-state index contributed by atoms with van der Waals surface area (Å²) in [6.07, 6.45) is 3.64. The fourth-order valence-electron chi connectivity index (χ4n) is 3.44. The molecule has 0 aliphatic carbocycles. The van der Waals surface area contributed by atoms with Gasteiger partial charge in [0.05, 0.1) is 27.0 Å². The lowest BCUT2D eigenvalue weighted by molar-refractivity contribution is 0.535. The van der Waals surface area contributed by atoms with E-state index >= 15 is 4.39 Å². The van der Waals surface area contributed by atoms with Crippen molar-refractivity contribution in [2.24, 2.45) is 0 Å². The topological polar surface area (TPSA) is 79.8 Å². The summed E-state index contributed by atoms with van der Waals surface area (Å²) in [5, 5.41) is 3.95. The Kier molecular flexibility index (Phi) is 8.74. The first kappa shape index (κ1) is 28.1. The Balaban J connectivity index is 1.76. The van der Waals surface area contributed by atoms with Crippen molar-refractivity contribution < 1.29 is 17.4 Å². The zero-order chi connectivity index (χ0) is 27.4. The molecule has 38 heavy (non-hydrogen) atoms. The average Bonchev–Trinajstić information content (AvgIpc) is 3.32. The van der Waals surface area contributed by atoms with E-state index in [1.165, 1.54) is 23.5 Å². The number of hydrogen-bond acceptors (Lipinski definition) is 7. The predicted molar refractivity (Wildman–Crippen MR) is 150 cm³/mol. The van der Waals surface area contributed by atoms with Gasteiger partial charge in [-0.1, -0.05) is 32.9 Å². The molecule has 6 nitrogen and oxygen atoms in total. The first-order chi connectivity index (χ1) is 18.1. The minimum atomic E-state index is -2.38. The highest BCUT2D eigenvalue weighted by atomic mass is 32.2. The van der Waals surface area contributed by atoms with Crippen LogP contribution in [0.25, 0.3) is 21.8 Å². The van der Waals surface area contributed by atoms with E-state index in [2.05, 4.69) is 20.0 Å². The molecule has 200 valence electrons. The standard InChI is InChI=1S/C26H26F3N5OS3/c1-26(2,3)24-33-21(22(37-24)19-11-12-30-25(32-19)31-13-14-36-4)15-7-5-10-18(20(15)29)34-38(35)23-16(27)8-6-9-17(23)28/h5-12,34H,13-14H2,1-4H3,(H,30,31,32). The van der Waals surface area contributed by atoms with Crippen molar-refractivity contribution in [3.63, 3.8) is 0 Å². The van der Waals surface area contributed by atoms with Crippen molar-refractivity contribution in [3.05, 3.63) is 71.1 Å². The van der Waals surface area contributed by atoms with Gasteiger partial charge in [0.1, 0.15) is 16.5 Å². The summed E-state index contributed by atoms with van der Waals surface area (Å²) in [5.41, 5.74) is 0.572. The lowest BCUT2D eigenvalue weighted by Gasteiger charge is -2.13. The molecule has 1 unspecified atom stereocenters. The Hall–Kier alpha value is -2.96. The quantitative estimate of drug-likeness (QED) is 0.211. The number of nitrogens with zero attached hydrogens (tertiary/aromatic N) is 3. The van der Waals surface area contributed by atoms with Crippen molar-refractivity contribution in [1.29, 1.82) is 0 Å². The molecular formula is C26H26F3N5OS3. The van der Waals surface area contributed by atoms with Crippen molar-refractivity contribution >= 4 is 45.7 Å². The van der Waals surface area contributed by atoms with Crippen LogP contribution >= 0.6 is 23.1 Å². The highest BCUT2D eigenvalue weighted by Gasteiger charge is 2.26. The molecule has 2 N–H and O–H groups in total. The molecule has 1 atom stereocenters. The highest BCUT2D eigenvalue weighted by molar-refractivity contribution is 7.98. The first-order valence-corrected chi connectivity index (χ1v) is 14.9. The van der Waals surface area contributed by atoms with Gasteiger partial charge in [-0.15, -0.1) is 11.3 Å². The third-order valence-electron chi connectivity index (χ3n) is 5.31. The summed E-state index contributed by atoms with van der Waals surface area (Å²) < 4.78 is 59.3. The molecule has 0 amide bonds. The van der Waals surface area contributed by atoms with Crippen LogP contribution < -0.4 is 10.0 Å². The maximum atomic E-state index is 15.9. The smallest absolute Gasteiger partial charge is 0.223 e. The predicted octanol–water partition coefficient (Wildman–Crippen LogP) is 6.89. The molecule has 0 bridgehead atoms. The lowest BCUT2D eigenvalue weighted by atomic mass is 9.98. The van der Waals surface area contributed by atoms with Gasteiger partial charge in [0.2, 0.25) is 5.95 Å². The number of anilines is 2. The van der Waals surface area contributed by atoms with Crippen LogP contribution in [0.1, 0.15) is 25.8 Å². The second-order valence-electron chi connectivity index (χ2n) is 9.22. The van der Waals surface area contributed by atoms with Crippen molar-refractivity contribution in [1.82, 2.24) is 15.0 Å². The SMILES string of the molecule is CSCCNc1nccc(-c2sc(C(C)(C)C)nc2-c2cccc(NS(=O)c3c(F)cccc3F)c2F)n1. The molecule has 4 aromatic rings. The van der Waals surface area contributed by atoms with Gasteiger partial charge in [0.15, 0.2) is 16.8 Å². The molecule has 2 aromatic carbocycles. The van der Waals surface area contributed by atoms with Gasteiger partial charge in [-0.2, -0.15) is 11.8 Å². The van der Waals surface area contributed by atoms with Crippen LogP contribution in [0.2, 0.25) is 0 Å². The summed E-state index contributed by atoms with van der Waals surface area (Å²) in [6.45, 7) is 6.72. The van der Waals surface area contributed by atoms with E-state index in [0.29, 0.717) is 28.8 Å². The van der Waals surface area contributed by atoms with E-state index in [1.54, 1.807) is 36.2 Å². The fourth-order valence-corrected chi connectivity index (χ4v) is 5.80. The van der Waals surface area contributed by atoms with Crippen molar-refractivity contribution in [2.45, 2.75) is 31.1 Å². The van der Waals surface area contributed by atoms with E-state index in [4.69, 9.17) is 4.98 Å². The van der Waals surface area contributed by atoms with Gasteiger partial charge < -0.3 is 5.32 Å². The van der Waals surface area contributed by atoms with Gasteiger partial charge in [0, 0.05) is 29.5 Å². The van der Waals surface area contributed by atoms with Gasteiger partial charge in [-0.3, -0.25) is 4.72 Å². The molecule has 2 aromatic heterocycles. The summed E-state index contributed by atoms with van der Waals surface area (Å²) in [7, 11) is -2.38. The minimum Gasteiger partial charge on any atom is -0.353 e. The Labute approximate surface area is 230 Å². The Bertz CT molecular complexity index is 1450. The number of hydrogen-bond donors (Lipinski definition) is 2. The van der Waals surface area contributed by atoms with Gasteiger partial charge >= 0.3 is 0 Å². The van der Waals surface area contributed by atoms with Gasteiger partial charge in [-0.05, 0) is 36.6 Å². The zero-order valence-corrected chi connectivity index (χ0v) is 23.6. The largest absolute Gasteiger partial charge is 0.353 e. The van der Waals surface area contributed by atoms with Crippen LogP contribution in [0.3, 0.4) is 0 Å². The van der Waals surface area contributed by atoms with E-state index in [-0.39, 0.29) is 16.7 Å². The Morgan fingerprint density at radius 2 is 1.74 bits per heavy atom. The molecule has 12 heteroatoms. The summed E-state index contributed by atoms with van der Waals surface area (Å²) in [4.78, 5) is 13.6. The molecule has 0 aliphatic heterocycles. The van der Waals surface area contributed by atoms with Crippen molar-refractivity contribution in [3.8, 4) is 21.8 Å². The minimum absolute atomic E-state index is 0.137. The maximum absolute atomic E-state index is 15.9. The molecule has 0 saturated heterocycles. The van der Waals surface area contributed by atoms with E-state index < -0.39 is 33.3 Å². The number of nitrogens with one attached hydrogen (secondary N) is 2. The van der Waals surface area contributed by atoms with Crippen LogP contribution in [0, 0.1) is 17.5 Å². The third kappa shape index (κ3) is 6.19. The monoisotopic (exact) mass is 577 g/mol. The molecule has 2 heterocycles. The molecule has 4 rings (SSSR count). The molecular weight excluding hydrogens is 552 g/mol. The molecule has 0 radical (unpaired) electrons. The maximum Gasteiger partial charge on any atom is 0.223 e. The van der Waals surface area contributed by atoms with Crippen LogP contribution in [0.15, 0.2) is 53.6 Å². The van der Waals surface area contributed by atoms with Crippen LogP contribution in [-0.4, -0.2) is 37.7 Å². The van der Waals surface area contributed by atoms with Crippen LogP contribution in [-0.2, 0) is 16.4 Å². The molecule has 0 spiro atoms. The second-order valence-corrected chi connectivity index (χ2v) is 12.4. The van der Waals surface area contributed by atoms with Gasteiger partial charge in [0.25, 0.3) is 0 Å². The molecule has 0 saturated carbocycles. The van der Waals surface area contributed by atoms with E-state index in [0.717, 1.165) is 22.9 Å². The number of rotatable bonds is 9. The number of benzene rings is 2. The van der Waals surface area contributed by atoms with Crippen molar-refractivity contribution in [2.75, 3.05) is 28.6 Å². The summed E-state index contributed by atoms with van der Waals surface area (Å²) in [5.74, 6) is -1.40. The lowest BCUT2D eigenvalue weighted by Crippen LogP contribution is -2.11. The normalized spacial score (nSPS) is 12.4. The third-order valence-corrected chi connectivity index (χ3v) is 8.59. The zero-order valence-electron chi connectivity index (χ0n) is 21.1. The summed E-state index contributed by atoms with van der Waals surface area (Å²) >= 11 is 3.10.